The fraction of sp³-hybridized carbons (Fsp3) is 0.632. The summed E-state index contributed by atoms with van der Waals surface area (Å²) >= 11 is 0. The summed E-state index contributed by atoms with van der Waals surface area (Å²) in [6.45, 7) is 2.10. The van der Waals surface area contributed by atoms with Crippen LogP contribution in [0.3, 0.4) is 0 Å². The lowest BCUT2D eigenvalue weighted by molar-refractivity contribution is -0.147. The van der Waals surface area contributed by atoms with E-state index in [2.05, 4.69) is 4.90 Å². The Kier molecular flexibility index (Phi) is 8.36. The summed E-state index contributed by atoms with van der Waals surface area (Å²) in [7, 11) is -1.38. The number of halogens is 2. The van der Waals surface area contributed by atoms with Gasteiger partial charge in [0.25, 0.3) is 0 Å². The molecule has 6 nitrogen and oxygen atoms in total. The molecule has 1 aliphatic heterocycles. The van der Waals surface area contributed by atoms with Crippen molar-refractivity contribution in [1.29, 1.82) is 0 Å². The van der Waals surface area contributed by atoms with E-state index in [1.54, 1.807) is 6.07 Å². The van der Waals surface area contributed by atoms with Crippen molar-refractivity contribution >= 4 is 13.1 Å². The van der Waals surface area contributed by atoms with Gasteiger partial charge in [0.1, 0.15) is 5.54 Å². The van der Waals surface area contributed by atoms with Crippen molar-refractivity contribution in [3.63, 3.8) is 0 Å². The number of likely N-dealkylation sites (tertiary alicyclic amines) is 1. The molecule has 0 amide bonds. The number of benzene rings is 1. The van der Waals surface area contributed by atoms with Crippen LogP contribution in [0.2, 0.25) is 6.32 Å². The summed E-state index contributed by atoms with van der Waals surface area (Å²) < 4.78 is 26.3. The second-order valence-electron chi connectivity index (χ2n) is 7.69. The maximum Gasteiger partial charge on any atom is 0.451 e. The molecule has 0 radical (unpaired) electrons. The molecule has 156 valence electrons. The summed E-state index contributed by atoms with van der Waals surface area (Å²) in [6.07, 6.45) is 3.45. The number of hydrogen-bond acceptors (Lipinski definition) is 5. The molecule has 0 saturated carbocycles. The number of unbranched alkanes of at least 4 members (excludes halogenated alkanes) is 1. The highest BCUT2D eigenvalue weighted by molar-refractivity contribution is 6.40. The first-order valence-corrected chi connectivity index (χ1v) is 9.77. The Balaban J connectivity index is 1.82. The molecule has 1 fully saturated rings. The molecule has 9 heteroatoms. The molecule has 1 aliphatic rings. The average Bonchev–Trinajstić information content (AvgIpc) is 2.66. The number of carboxylic acids is 1. The summed E-state index contributed by atoms with van der Waals surface area (Å²) in [6, 6.07) is 3.91. The van der Waals surface area contributed by atoms with E-state index in [-0.39, 0.29) is 12.2 Å². The third-order valence-corrected chi connectivity index (χ3v) is 5.72. The third-order valence-electron chi connectivity index (χ3n) is 5.72. The average molecular weight is 398 g/mol. The molecule has 1 atom stereocenters. The lowest BCUT2D eigenvalue weighted by Crippen LogP contribution is -2.57. The minimum Gasteiger partial charge on any atom is -0.480 e. The molecule has 0 bridgehead atoms. The van der Waals surface area contributed by atoms with E-state index >= 15 is 0 Å². The largest absolute Gasteiger partial charge is 0.480 e. The van der Waals surface area contributed by atoms with Crippen molar-refractivity contribution in [3.8, 4) is 0 Å². The highest BCUT2D eigenvalue weighted by Crippen LogP contribution is 2.31. The van der Waals surface area contributed by atoms with Crippen LogP contribution < -0.4 is 5.73 Å². The van der Waals surface area contributed by atoms with Gasteiger partial charge in [-0.15, -0.1) is 0 Å². The van der Waals surface area contributed by atoms with Crippen LogP contribution in [0.5, 0.6) is 0 Å². The van der Waals surface area contributed by atoms with Crippen LogP contribution in [0.25, 0.3) is 0 Å². The van der Waals surface area contributed by atoms with Crippen LogP contribution in [-0.4, -0.2) is 58.3 Å². The maximum atomic E-state index is 13.3. The quantitative estimate of drug-likeness (QED) is 0.353. The van der Waals surface area contributed by atoms with Crippen LogP contribution in [0, 0.1) is 17.6 Å². The summed E-state index contributed by atoms with van der Waals surface area (Å²) in [5, 5.41) is 27.4. The standard InChI is InChI=1S/C19H29BF2N2O4/c21-16-4-3-14(13-17(16)22)5-10-24-11-6-15(7-12-24)19(23,18(25)26)8-1-2-9-20(27)28/h3-4,13,15,27-28H,1-2,5-12,23H2,(H,25,26). The first-order valence-electron chi connectivity index (χ1n) is 9.77. The van der Waals surface area contributed by atoms with Gasteiger partial charge in [0.05, 0.1) is 0 Å². The van der Waals surface area contributed by atoms with Crippen molar-refractivity contribution in [2.75, 3.05) is 19.6 Å². The zero-order chi connectivity index (χ0) is 20.7. The van der Waals surface area contributed by atoms with E-state index < -0.39 is 30.3 Å². The van der Waals surface area contributed by atoms with Crippen LogP contribution in [0.1, 0.15) is 37.7 Å². The second-order valence-corrected chi connectivity index (χ2v) is 7.69. The Labute approximate surface area is 164 Å². The number of hydrogen-bond donors (Lipinski definition) is 4. The molecule has 0 aromatic heterocycles. The molecule has 1 unspecified atom stereocenters. The van der Waals surface area contributed by atoms with Gasteiger partial charge in [-0.3, -0.25) is 4.79 Å². The molecule has 28 heavy (non-hydrogen) atoms. The highest BCUT2D eigenvalue weighted by Gasteiger charge is 2.42. The summed E-state index contributed by atoms with van der Waals surface area (Å²) in [4.78, 5) is 14.0. The zero-order valence-electron chi connectivity index (χ0n) is 16.0. The summed E-state index contributed by atoms with van der Waals surface area (Å²) in [5.74, 6) is -2.87. The Morgan fingerprint density at radius 3 is 2.46 bits per heavy atom. The van der Waals surface area contributed by atoms with Gasteiger partial charge in [-0.25, -0.2) is 8.78 Å². The van der Waals surface area contributed by atoms with Gasteiger partial charge in [-0.2, -0.15) is 0 Å². The van der Waals surface area contributed by atoms with Gasteiger partial charge < -0.3 is 25.8 Å². The predicted molar refractivity (Wildman–Crippen MR) is 103 cm³/mol. The normalized spacial score (nSPS) is 18.0. The number of carbonyl (C=O) groups is 1. The van der Waals surface area contributed by atoms with Gasteiger partial charge in [-0.1, -0.05) is 18.9 Å². The van der Waals surface area contributed by atoms with Crippen molar-refractivity contribution in [1.82, 2.24) is 4.90 Å². The van der Waals surface area contributed by atoms with Gasteiger partial charge in [0.15, 0.2) is 11.6 Å². The third kappa shape index (κ3) is 6.23. The zero-order valence-corrected chi connectivity index (χ0v) is 16.0. The molecule has 1 heterocycles. The van der Waals surface area contributed by atoms with Gasteiger partial charge in [0.2, 0.25) is 0 Å². The summed E-state index contributed by atoms with van der Waals surface area (Å²) in [5.41, 5.74) is 5.67. The second kappa shape index (κ2) is 10.3. The van der Waals surface area contributed by atoms with E-state index in [9.17, 15) is 18.7 Å². The lowest BCUT2D eigenvalue weighted by atomic mass is 9.74. The number of piperidine rings is 1. The molecular formula is C19H29BF2N2O4. The Hall–Kier alpha value is -1.55. The number of nitrogens with zero attached hydrogens (tertiary/aromatic N) is 1. The van der Waals surface area contributed by atoms with E-state index in [0.29, 0.717) is 58.2 Å². The monoisotopic (exact) mass is 398 g/mol. The van der Waals surface area contributed by atoms with Crippen LogP contribution in [-0.2, 0) is 11.2 Å². The molecule has 1 aromatic carbocycles. The van der Waals surface area contributed by atoms with Crippen LogP contribution in [0.15, 0.2) is 18.2 Å². The Bertz CT molecular complexity index is 657. The predicted octanol–water partition coefficient (Wildman–Crippen LogP) is 1.64. The molecule has 0 spiro atoms. The minimum absolute atomic E-state index is 0.149. The van der Waals surface area contributed by atoms with Crippen molar-refractivity contribution in [3.05, 3.63) is 35.4 Å². The molecule has 0 aliphatic carbocycles. The first kappa shape index (κ1) is 22.7. The number of carboxylic acid groups (broad SMARTS) is 1. The van der Waals surface area contributed by atoms with Crippen molar-refractivity contribution in [2.45, 2.75) is 50.4 Å². The molecule has 5 N–H and O–H groups in total. The van der Waals surface area contributed by atoms with Gasteiger partial charge >= 0.3 is 13.1 Å². The van der Waals surface area contributed by atoms with Crippen LogP contribution >= 0.6 is 0 Å². The smallest absolute Gasteiger partial charge is 0.451 e. The Morgan fingerprint density at radius 2 is 1.89 bits per heavy atom. The van der Waals surface area contributed by atoms with Crippen LogP contribution in [0.4, 0.5) is 8.78 Å². The highest BCUT2D eigenvalue weighted by atomic mass is 19.2. The maximum absolute atomic E-state index is 13.3. The van der Waals surface area contributed by atoms with E-state index in [4.69, 9.17) is 15.8 Å². The lowest BCUT2D eigenvalue weighted by Gasteiger charge is -2.40. The van der Waals surface area contributed by atoms with Gasteiger partial charge in [-0.05, 0) is 68.7 Å². The number of rotatable bonds is 10. The van der Waals surface area contributed by atoms with Crippen molar-refractivity contribution < 1.29 is 28.7 Å². The Morgan fingerprint density at radius 1 is 1.21 bits per heavy atom. The molecule has 1 aromatic rings. The van der Waals surface area contributed by atoms with E-state index in [0.717, 1.165) is 11.6 Å². The fourth-order valence-electron chi connectivity index (χ4n) is 3.88. The molecule has 1 saturated heterocycles. The number of aliphatic carboxylic acids is 1. The van der Waals surface area contributed by atoms with E-state index in [1.807, 2.05) is 0 Å². The van der Waals surface area contributed by atoms with Gasteiger partial charge in [0, 0.05) is 6.54 Å². The minimum atomic E-state index is -1.38. The topological polar surface area (TPSA) is 107 Å². The van der Waals surface area contributed by atoms with E-state index in [1.165, 1.54) is 6.07 Å². The van der Waals surface area contributed by atoms with Crippen molar-refractivity contribution in [2.24, 2.45) is 11.7 Å². The first-order chi connectivity index (χ1) is 13.2. The SMILES string of the molecule is NC(CCCCB(O)O)(C(=O)O)C1CCN(CCc2ccc(F)c(F)c2)CC1. The molecular weight excluding hydrogens is 369 g/mol. The number of nitrogens with two attached hydrogens (primary N) is 1. The molecule has 2 rings (SSSR count). The fourth-order valence-corrected chi connectivity index (χ4v) is 3.88.